The molecule has 0 bridgehead atoms. The second-order valence-electron chi connectivity index (χ2n) is 6.63. The summed E-state index contributed by atoms with van der Waals surface area (Å²) in [7, 11) is 0. The molecule has 27 heavy (non-hydrogen) atoms. The van der Waals surface area contributed by atoms with Gasteiger partial charge in [0.2, 0.25) is 5.91 Å². The third kappa shape index (κ3) is 7.23. The molecule has 3 N–H and O–H groups in total. The van der Waals surface area contributed by atoms with Gasteiger partial charge in [-0.1, -0.05) is 62.6 Å². The van der Waals surface area contributed by atoms with Crippen LogP contribution in [0.4, 0.5) is 0 Å². The van der Waals surface area contributed by atoms with Gasteiger partial charge in [-0.2, -0.15) is 0 Å². The number of hydrazine groups is 1. The van der Waals surface area contributed by atoms with Crippen LogP contribution in [-0.2, 0) is 11.3 Å². The van der Waals surface area contributed by atoms with Crippen molar-refractivity contribution in [1.82, 2.24) is 16.2 Å². The lowest BCUT2D eigenvalue weighted by molar-refractivity contribution is -0.119. The molecule has 0 radical (unpaired) electrons. The van der Waals surface area contributed by atoms with Gasteiger partial charge in [0.1, 0.15) is 0 Å². The fourth-order valence-corrected chi connectivity index (χ4v) is 2.71. The third-order valence-corrected chi connectivity index (χ3v) is 4.33. The van der Waals surface area contributed by atoms with Crippen LogP contribution >= 0.6 is 0 Å². The number of carbonyl (C=O) groups excluding carboxylic acids is 2. The van der Waals surface area contributed by atoms with Crippen molar-refractivity contribution >= 4 is 11.8 Å². The van der Waals surface area contributed by atoms with E-state index >= 15 is 0 Å². The highest BCUT2D eigenvalue weighted by Crippen LogP contribution is 2.20. The van der Waals surface area contributed by atoms with E-state index in [9.17, 15) is 9.59 Å². The summed E-state index contributed by atoms with van der Waals surface area (Å²) < 4.78 is 0. The van der Waals surface area contributed by atoms with Crippen molar-refractivity contribution < 1.29 is 9.59 Å². The highest BCUT2D eigenvalue weighted by molar-refractivity contribution is 5.94. The number of benzene rings is 2. The van der Waals surface area contributed by atoms with Crippen molar-refractivity contribution in [2.24, 2.45) is 0 Å². The molecule has 0 aromatic heterocycles. The Labute approximate surface area is 161 Å². The van der Waals surface area contributed by atoms with E-state index in [-0.39, 0.29) is 11.8 Å². The molecule has 144 valence electrons. The topological polar surface area (TPSA) is 70.2 Å². The quantitative estimate of drug-likeness (QED) is 0.442. The average molecular weight is 367 g/mol. The Balaban J connectivity index is 1.85. The van der Waals surface area contributed by atoms with Gasteiger partial charge in [-0.05, 0) is 35.2 Å². The van der Waals surface area contributed by atoms with E-state index in [0.29, 0.717) is 12.1 Å². The van der Waals surface area contributed by atoms with Gasteiger partial charge in [-0.3, -0.25) is 15.0 Å². The smallest absolute Gasteiger partial charge is 0.265 e. The lowest BCUT2D eigenvalue weighted by Crippen LogP contribution is -2.37. The number of hydrogen-bond acceptors (Lipinski definition) is 3. The van der Waals surface area contributed by atoms with Gasteiger partial charge in [0.25, 0.3) is 5.91 Å². The van der Waals surface area contributed by atoms with Crippen LogP contribution in [0, 0.1) is 0 Å². The first-order valence-electron chi connectivity index (χ1n) is 9.57. The summed E-state index contributed by atoms with van der Waals surface area (Å²) >= 11 is 0. The van der Waals surface area contributed by atoms with Crippen LogP contribution in [-0.4, -0.2) is 18.4 Å². The van der Waals surface area contributed by atoms with E-state index in [1.807, 2.05) is 48.5 Å². The van der Waals surface area contributed by atoms with Crippen molar-refractivity contribution in [2.75, 3.05) is 6.54 Å². The Morgan fingerprint density at radius 1 is 0.852 bits per heavy atom. The minimum atomic E-state index is -0.123. The van der Waals surface area contributed by atoms with Crippen LogP contribution in [0.15, 0.2) is 48.5 Å². The summed E-state index contributed by atoms with van der Waals surface area (Å²) in [6.45, 7) is 5.00. The lowest BCUT2D eigenvalue weighted by Gasteiger charge is -2.08. The second-order valence-corrected chi connectivity index (χ2v) is 6.63. The summed E-state index contributed by atoms with van der Waals surface area (Å²) in [6, 6.07) is 15.6. The summed E-state index contributed by atoms with van der Waals surface area (Å²) in [6.07, 6.45) is 4.67. The van der Waals surface area contributed by atoms with E-state index in [1.165, 1.54) is 26.2 Å². The van der Waals surface area contributed by atoms with Gasteiger partial charge in [0.05, 0.1) is 0 Å². The highest BCUT2D eigenvalue weighted by atomic mass is 16.2. The highest BCUT2D eigenvalue weighted by Gasteiger charge is 2.05. The number of amides is 2. The van der Waals surface area contributed by atoms with Crippen LogP contribution in [0.3, 0.4) is 0 Å². The minimum absolute atomic E-state index is 0.0385. The van der Waals surface area contributed by atoms with Crippen LogP contribution < -0.4 is 16.2 Å². The Kier molecular flexibility index (Phi) is 8.52. The van der Waals surface area contributed by atoms with Gasteiger partial charge < -0.3 is 5.32 Å². The Morgan fingerprint density at radius 3 is 2.07 bits per heavy atom. The van der Waals surface area contributed by atoms with Crippen LogP contribution in [0.2, 0.25) is 0 Å². The summed E-state index contributed by atoms with van der Waals surface area (Å²) in [5.74, 6) is -0.161. The molecule has 0 spiro atoms. The molecule has 2 aromatic carbocycles. The van der Waals surface area contributed by atoms with Crippen molar-refractivity contribution in [3.05, 3.63) is 59.7 Å². The van der Waals surface area contributed by atoms with Crippen molar-refractivity contribution in [2.45, 2.75) is 46.1 Å². The fourth-order valence-electron chi connectivity index (χ4n) is 2.71. The summed E-state index contributed by atoms with van der Waals surface area (Å²) in [5.41, 5.74) is 9.52. The number of hydrogen-bond donors (Lipinski definition) is 3. The normalized spacial score (nSPS) is 10.4. The van der Waals surface area contributed by atoms with Gasteiger partial charge in [-0.25, -0.2) is 5.43 Å². The van der Waals surface area contributed by atoms with Gasteiger partial charge >= 0.3 is 0 Å². The molecule has 2 aromatic rings. The minimum Gasteiger partial charge on any atom is -0.352 e. The molecule has 2 amide bonds. The van der Waals surface area contributed by atoms with E-state index in [4.69, 9.17) is 0 Å². The predicted molar refractivity (Wildman–Crippen MR) is 109 cm³/mol. The molecule has 0 aliphatic rings. The SMILES string of the molecule is CCCCCCNNC(=O)c1ccc(-c2ccc(CNC(C)=O)cc2)cc1. The average Bonchev–Trinajstić information content (AvgIpc) is 2.69. The third-order valence-electron chi connectivity index (χ3n) is 4.33. The van der Waals surface area contributed by atoms with Crippen LogP contribution in [0.5, 0.6) is 0 Å². The molecular weight excluding hydrogens is 338 g/mol. The first-order chi connectivity index (χ1) is 13.1. The maximum atomic E-state index is 12.1. The Bertz CT molecular complexity index is 724. The van der Waals surface area contributed by atoms with Gasteiger partial charge in [0.15, 0.2) is 0 Å². The van der Waals surface area contributed by atoms with E-state index in [1.54, 1.807) is 0 Å². The molecule has 0 unspecified atom stereocenters. The Morgan fingerprint density at radius 2 is 1.48 bits per heavy atom. The molecule has 0 saturated heterocycles. The van der Waals surface area contributed by atoms with Crippen molar-refractivity contribution in [1.29, 1.82) is 0 Å². The van der Waals surface area contributed by atoms with Gasteiger partial charge in [0, 0.05) is 25.6 Å². The maximum absolute atomic E-state index is 12.1. The van der Waals surface area contributed by atoms with E-state index < -0.39 is 0 Å². The zero-order chi connectivity index (χ0) is 19.5. The molecule has 0 saturated carbocycles. The monoisotopic (exact) mass is 367 g/mol. The largest absolute Gasteiger partial charge is 0.352 e. The zero-order valence-corrected chi connectivity index (χ0v) is 16.2. The predicted octanol–water partition coefficient (Wildman–Crippen LogP) is 3.80. The number of unbranched alkanes of at least 4 members (excludes halogenated alkanes) is 3. The molecule has 0 atom stereocenters. The molecule has 5 nitrogen and oxygen atoms in total. The van der Waals surface area contributed by atoms with Crippen LogP contribution in [0.1, 0.15) is 55.5 Å². The summed E-state index contributed by atoms with van der Waals surface area (Å²) in [4.78, 5) is 23.1. The standard InChI is InChI=1S/C22H29N3O2/c1-3-4-5-6-15-24-25-22(27)21-13-11-20(12-14-21)19-9-7-18(8-10-19)16-23-17(2)26/h7-14,24H,3-6,15-16H2,1-2H3,(H,23,26)(H,25,27). The number of carbonyl (C=O) groups is 2. The molecule has 0 fully saturated rings. The molecule has 0 heterocycles. The number of nitrogens with one attached hydrogen (secondary N) is 3. The van der Waals surface area contributed by atoms with E-state index in [2.05, 4.69) is 23.1 Å². The molecule has 0 aliphatic heterocycles. The van der Waals surface area contributed by atoms with E-state index in [0.717, 1.165) is 29.7 Å². The molecule has 5 heteroatoms. The van der Waals surface area contributed by atoms with Crippen molar-refractivity contribution in [3.8, 4) is 11.1 Å². The fraction of sp³-hybridized carbons (Fsp3) is 0.364. The van der Waals surface area contributed by atoms with Crippen molar-refractivity contribution in [3.63, 3.8) is 0 Å². The first-order valence-corrected chi connectivity index (χ1v) is 9.57. The van der Waals surface area contributed by atoms with Gasteiger partial charge in [-0.15, -0.1) is 0 Å². The second kappa shape index (κ2) is 11.1. The lowest BCUT2D eigenvalue weighted by atomic mass is 10.0. The molecule has 2 rings (SSSR count). The Hall–Kier alpha value is -2.66. The molecular formula is C22H29N3O2. The number of rotatable bonds is 10. The van der Waals surface area contributed by atoms with Crippen LogP contribution in [0.25, 0.3) is 11.1 Å². The molecule has 0 aliphatic carbocycles. The zero-order valence-electron chi connectivity index (χ0n) is 16.2. The maximum Gasteiger partial charge on any atom is 0.265 e. The first kappa shape index (κ1) is 20.6. The summed E-state index contributed by atoms with van der Waals surface area (Å²) in [5, 5.41) is 2.78.